The highest BCUT2D eigenvalue weighted by atomic mass is 16.1. The molecule has 3 rings (SSSR count). The van der Waals surface area contributed by atoms with Crippen molar-refractivity contribution in [3.05, 3.63) is 29.1 Å². The molecule has 0 bridgehead atoms. The van der Waals surface area contributed by atoms with Gasteiger partial charge in [-0.1, -0.05) is 6.07 Å². The van der Waals surface area contributed by atoms with Gasteiger partial charge in [0.15, 0.2) is 0 Å². The maximum Gasteiger partial charge on any atom is 0.221 e. The summed E-state index contributed by atoms with van der Waals surface area (Å²) in [7, 11) is 0. The number of likely N-dealkylation sites (tertiary alicyclic amines) is 1. The molecular weight excluding hydrogens is 264 g/mol. The number of hydrogen-bond donors (Lipinski definition) is 2. The minimum atomic E-state index is -0.184. The first kappa shape index (κ1) is 14.1. The molecule has 5 heteroatoms. The quantitative estimate of drug-likeness (QED) is 0.904. The van der Waals surface area contributed by atoms with Crippen LogP contribution in [0.5, 0.6) is 0 Å². The topological polar surface area (TPSA) is 75.0 Å². The third-order valence-electron chi connectivity index (χ3n) is 4.51. The summed E-state index contributed by atoms with van der Waals surface area (Å²) in [6.07, 6.45) is 1.93. The van der Waals surface area contributed by atoms with E-state index in [1.165, 1.54) is 11.1 Å². The summed E-state index contributed by atoms with van der Waals surface area (Å²) in [4.78, 5) is 21.7. The van der Waals surface area contributed by atoms with Gasteiger partial charge in [0.25, 0.3) is 0 Å². The van der Waals surface area contributed by atoms with Gasteiger partial charge < -0.3 is 10.7 Å². The number of piperidine rings is 1. The molecular formula is C16H22N4O. The first-order valence-corrected chi connectivity index (χ1v) is 7.51. The van der Waals surface area contributed by atoms with Gasteiger partial charge >= 0.3 is 0 Å². The molecule has 5 nitrogen and oxygen atoms in total. The van der Waals surface area contributed by atoms with Crippen LogP contribution in [0.25, 0.3) is 11.0 Å². The first-order chi connectivity index (χ1) is 10.0. The molecule has 0 spiro atoms. The molecule has 1 aliphatic rings. The number of nitrogens with one attached hydrogen (secondary N) is 1. The number of aromatic amines is 1. The Bertz CT molecular complexity index is 676. The van der Waals surface area contributed by atoms with Gasteiger partial charge in [0.1, 0.15) is 5.82 Å². The maximum atomic E-state index is 11.3. The highest BCUT2D eigenvalue weighted by Gasteiger charge is 2.24. The molecule has 112 valence electrons. The van der Waals surface area contributed by atoms with Crippen molar-refractivity contribution in [2.24, 2.45) is 11.7 Å². The number of rotatable bonds is 3. The predicted octanol–water partition coefficient (Wildman–Crippen LogP) is 1.88. The normalized spacial score (nSPS) is 20.0. The van der Waals surface area contributed by atoms with Gasteiger partial charge in [-0.15, -0.1) is 0 Å². The Labute approximate surface area is 124 Å². The largest absolute Gasteiger partial charge is 0.369 e. The van der Waals surface area contributed by atoms with Gasteiger partial charge in [0.05, 0.1) is 23.5 Å². The molecule has 2 aromatic rings. The average molecular weight is 286 g/mol. The van der Waals surface area contributed by atoms with E-state index < -0.39 is 0 Å². The van der Waals surface area contributed by atoms with Gasteiger partial charge in [-0.25, -0.2) is 4.98 Å². The Kier molecular flexibility index (Phi) is 3.68. The van der Waals surface area contributed by atoms with Crippen molar-refractivity contribution in [1.82, 2.24) is 14.9 Å². The fourth-order valence-electron chi connectivity index (χ4n) is 3.08. The Morgan fingerprint density at radius 3 is 3.05 bits per heavy atom. The SMILES string of the molecule is Cc1ccc2[nH]c(CN3CCC[C@H](C(N)=O)C3)nc2c1C. The van der Waals surface area contributed by atoms with Crippen LogP contribution in [0.4, 0.5) is 0 Å². The standard InChI is InChI=1S/C16H22N4O/c1-10-5-6-13-15(11(10)2)19-14(18-13)9-20-7-3-4-12(8-20)16(17)21/h5-6,12H,3-4,7-9H2,1-2H3,(H2,17,21)(H,18,19)/t12-/m0/s1. The van der Waals surface area contributed by atoms with Gasteiger partial charge in [-0.05, 0) is 50.4 Å². The second-order valence-electron chi connectivity index (χ2n) is 6.06. The lowest BCUT2D eigenvalue weighted by atomic mass is 9.97. The van der Waals surface area contributed by atoms with E-state index in [-0.39, 0.29) is 11.8 Å². The van der Waals surface area contributed by atoms with Gasteiger partial charge in [0.2, 0.25) is 5.91 Å². The fourth-order valence-corrected chi connectivity index (χ4v) is 3.08. The number of hydrogen-bond acceptors (Lipinski definition) is 3. The van der Waals surface area contributed by atoms with Crippen LogP contribution in [-0.2, 0) is 11.3 Å². The highest BCUT2D eigenvalue weighted by Crippen LogP contribution is 2.21. The summed E-state index contributed by atoms with van der Waals surface area (Å²) in [5.41, 5.74) is 10.0. The Morgan fingerprint density at radius 1 is 1.48 bits per heavy atom. The van der Waals surface area contributed by atoms with E-state index in [0.29, 0.717) is 0 Å². The second-order valence-corrected chi connectivity index (χ2v) is 6.06. The number of carbonyl (C=O) groups is 1. The zero-order valence-corrected chi connectivity index (χ0v) is 12.6. The maximum absolute atomic E-state index is 11.3. The van der Waals surface area contributed by atoms with E-state index in [0.717, 1.165) is 49.3 Å². The number of benzene rings is 1. The van der Waals surface area contributed by atoms with Gasteiger partial charge in [-0.3, -0.25) is 9.69 Å². The number of imidazole rings is 1. The van der Waals surface area contributed by atoms with Gasteiger partial charge in [0, 0.05) is 6.54 Å². The number of aryl methyl sites for hydroxylation is 2. The molecule has 0 saturated carbocycles. The van der Waals surface area contributed by atoms with Crippen molar-refractivity contribution in [3.8, 4) is 0 Å². The van der Waals surface area contributed by atoms with E-state index in [2.05, 4.69) is 35.9 Å². The number of amides is 1. The lowest BCUT2D eigenvalue weighted by molar-refractivity contribution is -0.123. The molecule has 2 heterocycles. The third kappa shape index (κ3) is 2.78. The smallest absolute Gasteiger partial charge is 0.221 e. The van der Waals surface area contributed by atoms with Crippen LogP contribution in [-0.4, -0.2) is 33.9 Å². The van der Waals surface area contributed by atoms with Crippen molar-refractivity contribution >= 4 is 16.9 Å². The van der Waals surface area contributed by atoms with Crippen molar-refractivity contribution in [3.63, 3.8) is 0 Å². The number of carbonyl (C=O) groups excluding carboxylic acids is 1. The predicted molar refractivity (Wildman–Crippen MR) is 82.8 cm³/mol. The zero-order chi connectivity index (χ0) is 15.0. The lowest BCUT2D eigenvalue weighted by Crippen LogP contribution is -2.40. The monoisotopic (exact) mass is 286 g/mol. The molecule has 1 fully saturated rings. The molecule has 1 aromatic carbocycles. The highest BCUT2D eigenvalue weighted by molar-refractivity contribution is 5.80. The van der Waals surface area contributed by atoms with Crippen LogP contribution in [0.1, 0.15) is 29.8 Å². The summed E-state index contributed by atoms with van der Waals surface area (Å²) in [5, 5.41) is 0. The third-order valence-corrected chi connectivity index (χ3v) is 4.51. The van der Waals surface area contributed by atoms with Crippen LogP contribution in [0.3, 0.4) is 0 Å². The lowest BCUT2D eigenvalue weighted by Gasteiger charge is -2.30. The minimum absolute atomic E-state index is 0.0212. The first-order valence-electron chi connectivity index (χ1n) is 7.51. The average Bonchev–Trinajstić information content (AvgIpc) is 2.87. The minimum Gasteiger partial charge on any atom is -0.369 e. The summed E-state index contributed by atoms with van der Waals surface area (Å²) in [5.74, 6) is 0.756. The second kappa shape index (κ2) is 5.48. The van der Waals surface area contributed by atoms with Crippen LogP contribution < -0.4 is 5.73 Å². The molecule has 1 amide bonds. The van der Waals surface area contributed by atoms with E-state index >= 15 is 0 Å². The molecule has 0 aliphatic carbocycles. The zero-order valence-electron chi connectivity index (χ0n) is 12.6. The number of nitrogens with zero attached hydrogens (tertiary/aromatic N) is 2. The molecule has 1 saturated heterocycles. The van der Waals surface area contributed by atoms with E-state index in [9.17, 15) is 4.79 Å². The molecule has 3 N–H and O–H groups in total. The molecule has 1 atom stereocenters. The van der Waals surface area contributed by atoms with Gasteiger partial charge in [-0.2, -0.15) is 0 Å². The van der Waals surface area contributed by atoms with E-state index in [1.807, 2.05) is 0 Å². The Hall–Kier alpha value is -1.88. The Balaban J connectivity index is 1.79. The van der Waals surface area contributed by atoms with E-state index in [4.69, 9.17) is 10.7 Å². The van der Waals surface area contributed by atoms with Crippen LogP contribution in [0, 0.1) is 19.8 Å². The summed E-state index contributed by atoms with van der Waals surface area (Å²) in [6, 6.07) is 4.19. The number of aromatic nitrogens is 2. The fraction of sp³-hybridized carbons (Fsp3) is 0.500. The number of nitrogens with two attached hydrogens (primary N) is 1. The van der Waals surface area contributed by atoms with E-state index in [1.54, 1.807) is 0 Å². The van der Waals surface area contributed by atoms with Crippen LogP contribution in [0.15, 0.2) is 12.1 Å². The van der Waals surface area contributed by atoms with Crippen molar-refractivity contribution in [2.45, 2.75) is 33.2 Å². The van der Waals surface area contributed by atoms with Crippen molar-refractivity contribution in [1.29, 1.82) is 0 Å². The molecule has 21 heavy (non-hydrogen) atoms. The number of H-pyrrole nitrogens is 1. The summed E-state index contributed by atoms with van der Waals surface area (Å²) >= 11 is 0. The van der Waals surface area contributed by atoms with Crippen LogP contribution in [0.2, 0.25) is 0 Å². The molecule has 1 aliphatic heterocycles. The van der Waals surface area contributed by atoms with Crippen molar-refractivity contribution in [2.75, 3.05) is 13.1 Å². The molecule has 0 unspecified atom stereocenters. The Morgan fingerprint density at radius 2 is 2.29 bits per heavy atom. The van der Waals surface area contributed by atoms with Crippen LogP contribution >= 0.6 is 0 Å². The van der Waals surface area contributed by atoms with Crippen molar-refractivity contribution < 1.29 is 4.79 Å². The number of primary amides is 1. The number of fused-ring (bicyclic) bond motifs is 1. The summed E-state index contributed by atoms with van der Waals surface area (Å²) < 4.78 is 0. The molecule has 0 radical (unpaired) electrons. The molecule has 1 aromatic heterocycles. The summed E-state index contributed by atoms with van der Waals surface area (Å²) in [6.45, 7) is 6.69.